The largest absolute Gasteiger partial charge is 0.398 e. The van der Waals surface area contributed by atoms with Gasteiger partial charge in [0.15, 0.2) is 0 Å². The van der Waals surface area contributed by atoms with E-state index in [2.05, 4.69) is 10.5 Å². The Hall–Kier alpha value is -2.62. The molecule has 0 bridgehead atoms. The average molecular weight is 253 g/mol. The van der Waals surface area contributed by atoms with Crippen LogP contribution in [0.25, 0.3) is 0 Å². The lowest BCUT2D eigenvalue weighted by atomic mass is 10.1. The summed E-state index contributed by atoms with van der Waals surface area (Å²) in [6.07, 6.45) is 0. The normalized spacial score (nSPS) is 11.1. The molecule has 0 heterocycles. The van der Waals surface area contributed by atoms with Crippen LogP contribution >= 0.6 is 0 Å². The fraction of sp³-hybridized carbons (Fsp3) is 0.0667. The van der Waals surface area contributed by atoms with Crippen molar-refractivity contribution in [2.45, 2.75) is 6.92 Å². The van der Waals surface area contributed by atoms with E-state index in [0.717, 1.165) is 11.3 Å². The van der Waals surface area contributed by atoms with E-state index in [1.54, 1.807) is 24.3 Å². The van der Waals surface area contributed by atoms with Gasteiger partial charge in [0.1, 0.15) is 0 Å². The molecule has 4 heteroatoms. The summed E-state index contributed by atoms with van der Waals surface area (Å²) in [4.78, 5) is 11.9. The third kappa shape index (κ3) is 3.19. The first-order valence-electron chi connectivity index (χ1n) is 5.93. The predicted octanol–water partition coefficient (Wildman–Crippen LogP) is 2.42. The number of benzene rings is 2. The quantitative estimate of drug-likeness (QED) is 0.501. The van der Waals surface area contributed by atoms with E-state index in [1.807, 2.05) is 37.3 Å². The zero-order chi connectivity index (χ0) is 13.7. The van der Waals surface area contributed by atoms with Crippen LogP contribution in [0, 0.1) is 0 Å². The summed E-state index contributed by atoms with van der Waals surface area (Å²) >= 11 is 0. The molecule has 0 fully saturated rings. The van der Waals surface area contributed by atoms with Gasteiger partial charge in [-0.1, -0.05) is 42.5 Å². The summed E-state index contributed by atoms with van der Waals surface area (Å²) in [6.45, 7) is 1.84. The van der Waals surface area contributed by atoms with Crippen molar-refractivity contribution in [3.63, 3.8) is 0 Å². The summed E-state index contributed by atoms with van der Waals surface area (Å²) in [5, 5.41) is 4.07. The molecule has 0 radical (unpaired) electrons. The summed E-state index contributed by atoms with van der Waals surface area (Å²) in [5.41, 5.74) is 10.8. The monoisotopic (exact) mass is 253 g/mol. The molecule has 1 amide bonds. The van der Waals surface area contributed by atoms with Crippen molar-refractivity contribution in [1.29, 1.82) is 0 Å². The zero-order valence-corrected chi connectivity index (χ0v) is 10.6. The number of carbonyl (C=O) groups excluding carboxylic acids is 1. The first-order valence-corrected chi connectivity index (χ1v) is 5.93. The Balaban J connectivity index is 2.11. The van der Waals surface area contributed by atoms with Crippen LogP contribution in [0.15, 0.2) is 59.7 Å². The summed E-state index contributed by atoms with van der Waals surface area (Å²) < 4.78 is 0. The lowest BCUT2D eigenvalue weighted by Crippen LogP contribution is -2.20. The van der Waals surface area contributed by atoms with Crippen LogP contribution < -0.4 is 11.2 Å². The number of anilines is 1. The molecule has 3 N–H and O–H groups in total. The molecule has 2 aromatic carbocycles. The van der Waals surface area contributed by atoms with Gasteiger partial charge in [0.05, 0.1) is 11.3 Å². The van der Waals surface area contributed by atoms with Crippen LogP contribution in [-0.2, 0) is 0 Å². The highest BCUT2D eigenvalue weighted by Crippen LogP contribution is 2.10. The van der Waals surface area contributed by atoms with E-state index in [9.17, 15) is 4.79 Å². The van der Waals surface area contributed by atoms with Crippen molar-refractivity contribution >= 4 is 17.3 Å². The van der Waals surface area contributed by atoms with Crippen LogP contribution in [0.4, 0.5) is 5.69 Å². The second kappa shape index (κ2) is 5.82. The fourth-order valence-electron chi connectivity index (χ4n) is 1.64. The molecular weight excluding hydrogens is 238 g/mol. The molecule has 0 saturated heterocycles. The number of nitrogens with two attached hydrogens (primary N) is 1. The zero-order valence-electron chi connectivity index (χ0n) is 10.6. The number of rotatable bonds is 3. The van der Waals surface area contributed by atoms with Crippen LogP contribution in [0.3, 0.4) is 0 Å². The third-order valence-corrected chi connectivity index (χ3v) is 2.72. The van der Waals surface area contributed by atoms with Crippen LogP contribution in [0.1, 0.15) is 22.8 Å². The lowest BCUT2D eigenvalue weighted by Gasteiger charge is -2.05. The van der Waals surface area contributed by atoms with Crippen molar-refractivity contribution < 1.29 is 4.79 Å². The van der Waals surface area contributed by atoms with Gasteiger partial charge in [-0.3, -0.25) is 4.79 Å². The van der Waals surface area contributed by atoms with E-state index >= 15 is 0 Å². The van der Waals surface area contributed by atoms with Crippen LogP contribution in [0.5, 0.6) is 0 Å². The van der Waals surface area contributed by atoms with Gasteiger partial charge >= 0.3 is 0 Å². The molecule has 96 valence electrons. The van der Waals surface area contributed by atoms with Gasteiger partial charge in [-0.15, -0.1) is 0 Å². The van der Waals surface area contributed by atoms with Gasteiger partial charge in [0, 0.05) is 5.69 Å². The second-order valence-electron chi connectivity index (χ2n) is 4.09. The number of hydrazone groups is 1. The van der Waals surface area contributed by atoms with Gasteiger partial charge < -0.3 is 5.73 Å². The van der Waals surface area contributed by atoms with E-state index in [1.165, 1.54) is 0 Å². The number of nitrogen functional groups attached to an aromatic ring is 1. The summed E-state index contributed by atoms with van der Waals surface area (Å²) in [5.74, 6) is -0.312. The van der Waals surface area contributed by atoms with Gasteiger partial charge in [-0.05, 0) is 24.6 Å². The number of nitrogens with zero attached hydrogens (tertiary/aromatic N) is 1. The maximum absolute atomic E-state index is 11.9. The topological polar surface area (TPSA) is 67.5 Å². The summed E-state index contributed by atoms with van der Waals surface area (Å²) in [7, 11) is 0. The Morgan fingerprint density at radius 3 is 2.37 bits per heavy atom. The highest BCUT2D eigenvalue weighted by molar-refractivity contribution is 6.02. The maximum atomic E-state index is 11.9. The molecule has 0 atom stereocenters. The minimum Gasteiger partial charge on any atom is -0.398 e. The highest BCUT2D eigenvalue weighted by Gasteiger charge is 2.07. The van der Waals surface area contributed by atoms with Crippen molar-refractivity contribution in [2.75, 3.05) is 5.73 Å². The Bertz CT molecular complexity index is 606. The van der Waals surface area contributed by atoms with E-state index in [-0.39, 0.29) is 5.91 Å². The van der Waals surface area contributed by atoms with Crippen LogP contribution in [0.2, 0.25) is 0 Å². The SMILES string of the molecule is CC(=NNC(=O)c1ccccc1N)c1ccccc1. The van der Waals surface area contributed by atoms with Gasteiger partial charge in [0.2, 0.25) is 0 Å². The van der Waals surface area contributed by atoms with Crippen molar-refractivity contribution in [1.82, 2.24) is 5.43 Å². The molecule has 0 aromatic heterocycles. The van der Waals surface area contributed by atoms with Gasteiger partial charge in [-0.2, -0.15) is 5.10 Å². The number of carbonyl (C=O) groups is 1. The first-order chi connectivity index (χ1) is 9.18. The Morgan fingerprint density at radius 1 is 1.05 bits per heavy atom. The fourth-order valence-corrected chi connectivity index (χ4v) is 1.64. The molecule has 0 aliphatic carbocycles. The molecule has 0 aliphatic rings. The number of nitrogens with one attached hydrogen (secondary N) is 1. The van der Waals surface area contributed by atoms with E-state index in [0.29, 0.717) is 11.3 Å². The average Bonchev–Trinajstić information content (AvgIpc) is 2.46. The molecule has 2 rings (SSSR count). The number of hydrogen-bond donors (Lipinski definition) is 2. The minimum atomic E-state index is -0.312. The molecule has 0 aliphatic heterocycles. The smallest absolute Gasteiger partial charge is 0.273 e. The highest BCUT2D eigenvalue weighted by atomic mass is 16.2. The first kappa shape index (κ1) is 12.8. The molecule has 19 heavy (non-hydrogen) atoms. The Kier molecular flexibility index (Phi) is 3.93. The van der Waals surface area contributed by atoms with E-state index < -0.39 is 0 Å². The molecule has 0 saturated carbocycles. The molecule has 0 unspecified atom stereocenters. The predicted molar refractivity (Wildman–Crippen MR) is 77.0 cm³/mol. The lowest BCUT2D eigenvalue weighted by molar-refractivity contribution is 0.0955. The standard InChI is InChI=1S/C15H15N3O/c1-11(12-7-3-2-4-8-12)17-18-15(19)13-9-5-6-10-14(13)16/h2-10H,16H2,1H3,(H,18,19). The minimum absolute atomic E-state index is 0.312. The molecule has 4 nitrogen and oxygen atoms in total. The molecule has 0 spiro atoms. The van der Waals surface area contributed by atoms with E-state index in [4.69, 9.17) is 5.73 Å². The molecule has 2 aromatic rings. The van der Waals surface area contributed by atoms with Crippen molar-refractivity contribution in [3.8, 4) is 0 Å². The number of hydrogen-bond acceptors (Lipinski definition) is 3. The maximum Gasteiger partial charge on any atom is 0.273 e. The van der Waals surface area contributed by atoms with Crippen molar-refractivity contribution in [3.05, 3.63) is 65.7 Å². The van der Waals surface area contributed by atoms with Gasteiger partial charge in [-0.25, -0.2) is 5.43 Å². The Morgan fingerprint density at radius 2 is 1.68 bits per heavy atom. The number of para-hydroxylation sites is 1. The number of amides is 1. The molecular formula is C15H15N3O. The second-order valence-corrected chi connectivity index (χ2v) is 4.09. The van der Waals surface area contributed by atoms with Crippen LogP contribution in [-0.4, -0.2) is 11.6 Å². The van der Waals surface area contributed by atoms with Gasteiger partial charge in [0.25, 0.3) is 5.91 Å². The summed E-state index contributed by atoms with van der Waals surface area (Å²) in [6, 6.07) is 16.5. The van der Waals surface area contributed by atoms with Crippen molar-refractivity contribution in [2.24, 2.45) is 5.10 Å². The Labute approximate surface area is 112 Å². The third-order valence-electron chi connectivity index (χ3n) is 2.72.